The lowest BCUT2D eigenvalue weighted by molar-refractivity contribution is -0.376. The molecule has 0 atom stereocenters. The van der Waals surface area contributed by atoms with Gasteiger partial charge in [0.25, 0.3) is 11.5 Å². The first-order valence-corrected chi connectivity index (χ1v) is 12.0. The summed E-state index contributed by atoms with van der Waals surface area (Å²) in [5.41, 5.74) is -5.03. The third-order valence-electron chi connectivity index (χ3n) is 6.71. The molecule has 1 amide bonds. The second kappa shape index (κ2) is 10.1. The highest BCUT2D eigenvalue weighted by Gasteiger charge is 2.71. The van der Waals surface area contributed by atoms with E-state index >= 15 is 0 Å². The van der Waals surface area contributed by atoms with E-state index in [9.17, 15) is 41.5 Å². The molecule has 0 bridgehead atoms. The Morgan fingerprint density at radius 2 is 1.50 bits per heavy atom. The van der Waals surface area contributed by atoms with Crippen molar-refractivity contribution < 1.29 is 36.2 Å². The summed E-state index contributed by atoms with van der Waals surface area (Å²) in [6.45, 7) is 8.40. The molecular weight excluding hydrogens is 512 g/mol. The van der Waals surface area contributed by atoms with Crippen LogP contribution in [0.3, 0.4) is 0 Å². The number of likely N-dealkylation sites (tertiary alicyclic amines) is 1. The molecule has 1 N–H and O–H groups in total. The molecule has 1 aliphatic rings. The van der Waals surface area contributed by atoms with E-state index in [1.54, 1.807) is 22.5 Å². The van der Waals surface area contributed by atoms with Crippen LogP contribution in [0, 0.1) is 18.3 Å². The molecular formula is C27H29F6N3O2. The molecule has 38 heavy (non-hydrogen) atoms. The van der Waals surface area contributed by atoms with E-state index in [-0.39, 0.29) is 17.2 Å². The van der Waals surface area contributed by atoms with Gasteiger partial charge in [-0.1, -0.05) is 32.9 Å². The quantitative estimate of drug-likeness (QED) is 0.280. The first-order valence-electron chi connectivity index (χ1n) is 12.0. The molecule has 2 aromatic rings. The van der Waals surface area contributed by atoms with Crippen LogP contribution in [0.1, 0.15) is 62.5 Å². The second-order valence-corrected chi connectivity index (χ2v) is 10.4. The largest absolute Gasteiger partial charge is 0.430 e. The number of halogens is 6. The van der Waals surface area contributed by atoms with Crippen molar-refractivity contribution in [2.45, 2.75) is 70.3 Å². The van der Waals surface area contributed by atoms with Gasteiger partial charge in [-0.3, -0.25) is 4.79 Å². The number of aromatic nitrogens is 1. The number of piperidine rings is 1. The molecule has 0 radical (unpaired) electrons. The van der Waals surface area contributed by atoms with Crippen LogP contribution in [0.4, 0.5) is 26.3 Å². The molecule has 1 aromatic carbocycles. The summed E-state index contributed by atoms with van der Waals surface area (Å²) in [6.07, 6.45) is -7.81. The Labute approximate surface area is 217 Å². The van der Waals surface area contributed by atoms with Gasteiger partial charge >= 0.3 is 12.4 Å². The summed E-state index contributed by atoms with van der Waals surface area (Å²) in [5, 5.41) is 19.4. The highest BCUT2D eigenvalue weighted by molar-refractivity contribution is 6.01. The lowest BCUT2D eigenvalue weighted by Gasteiger charge is -2.32. The average molecular weight is 542 g/mol. The Hall–Kier alpha value is -3.26. The topological polar surface area (TPSA) is 69.3 Å². The monoisotopic (exact) mass is 541 g/mol. The van der Waals surface area contributed by atoms with Crippen molar-refractivity contribution in [3.8, 4) is 11.8 Å². The van der Waals surface area contributed by atoms with Crippen molar-refractivity contribution in [2.24, 2.45) is 0 Å². The highest BCUT2D eigenvalue weighted by Crippen LogP contribution is 2.50. The molecule has 0 aliphatic carbocycles. The Balaban J connectivity index is 2.11. The number of rotatable bonds is 4. The standard InChI is InChI=1S/C27H29F6N3O2/c1-17-18(14-19(16-34)23(37)35-12-6-5-7-13-35)15-22(24(2,3)4)36(17)21-10-8-20(9-11-21)25(38,26(28,29)30)27(31,32)33/h8-11,14-15,38H,5-7,12-13H2,1-4H3/b19-14+. The number of amides is 1. The summed E-state index contributed by atoms with van der Waals surface area (Å²) in [5.74, 6) is -0.389. The number of hydrogen-bond donors (Lipinski definition) is 1. The van der Waals surface area contributed by atoms with Crippen molar-refractivity contribution in [2.75, 3.05) is 13.1 Å². The fraction of sp³-hybridized carbons (Fsp3) is 0.481. The maximum Gasteiger partial charge on any atom is 0.430 e. The van der Waals surface area contributed by atoms with Crippen LogP contribution in [-0.2, 0) is 15.8 Å². The predicted molar refractivity (Wildman–Crippen MR) is 129 cm³/mol. The van der Waals surface area contributed by atoms with Crippen LogP contribution < -0.4 is 0 Å². The Kier molecular flexibility index (Phi) is 7.81. The minimum absolute atomic E-state index is 0.0663. The number of hydrogen-bond acceptors (Lipinski definition) is 3. The summed E-state index contributed by atoms with van der Waals surface area (Å²) in [4.78, 5) is 14.5. The first kappa shape index (κ1) is 29.3. The van der Waals surface area contributed by atoms with Gasteiger partial charge in [-0.05, 0) is 56.0 Å². The van der Waals surface area contributed by atoms with Crippen LogP contribution in [-0.4, -0.2) is 45.9 Å². The summed E-state index contributed by atoms with van der Waals surface area (Å²) in [6, 6.07) is 7.02. The predicted octanol–water partition coefficient (Wildman–Crippen LogP) is 6.31. The average Bonchev–Trinajstić information content (AvgIpc) is 3.17. The minimum Gasteiger partial charge on any atom is -0.369 e. The van der Waals surface area contributed by atoms with E-state index in [2.05, 4.69) is 0 Å². The van der Waals surface area contributed by atoms with Gasteiger partial charge in [-0.15, -0.1) is 0 Å². The number of nitriles is 1. The van der Waals surface area contributed by atoms with Gasteiger partial charge < -0.3 is 14.6 Å². The van der Waals surface area contributed by atoms with Gasteiger partial charge in [0.05, 0.1) is 0 Å². The Bertz CT molecular complexity index is 1240. The van der Waals surface area contributed by atoms with Crippen LogP contribution in [0.5, 0.6) is 0 Å². The molecule has 0 unspecified atom stereocenters. The van der Waals surface area contributed by atoms with Crippen LogP contribution in [0.25, 0.3) is 11.8 Å². The zero-order valence-corrected chi connectivity index (χ0v) is 21.5. The van der Waals surface area contributed by atoms with Crippen molar-refractivity contribution in [1.29, 1.82) is 5.26 Å². The van der Waals surface area contributed by atoms with Gasteiger partial charge in [-0.2, -0.15) is 31.6 Å². The molecule has 1 aromatic heterocycles. The van der Waals surface area contributed by atoms with Crippen molar-refractivity contribution in [1.82, 2.24) is 9.47 Å². The van der Waals surface area contributed by atoms with E-state index in [0.717, 1.165) is 31.4 Å². The van der Waals surface area contributed by atoms with E-state index in [1.165, 1.54) is 6.08 Å². The van der Waals surface area contributed by atoms with Gasteiger partial charge in [0.2, 0.25) is 0 Å². The number of nitrogens with zero attached hydrogens (tertiary/aromatic N) is 3. The Morgan fingerprint density at radius 1 is 0.974 bits per heavy atom. The fourth-order valence-corrected chi connectivity index (χ4v) is 4.56. The maximum absolute atomic E-state index is 13.3. The highest BCUT2D eigenvalue weighted by atomic mass is 19.4. The number of benzene rings is 1. The third kappa shape index (κ3) is 5.32. The fourth-order valence-electron chi connectivity index (χ4n) is 4.56. The normalized spacial score (nSPS) is 15.9. The molecule has 1 saturated heterocycles. The lowest BCUT2D eigenvalue weighted by Crippen LogP contribution is -2.53. The molecule has 0 spiro atoms. The van der Waals surface area contributed by atoms with Crippen molar-refractivity contribution in [3.63, 3.8) is 0 Å². The van der Waals surface area contributed by atoms with Crippen LogP contribution in [0.2, 0.25) is 0 Å². The molecule has 5 nitrogen and oxygen atoms in total. The van der Waals surface area contributed by atoms with E-state index in [0.29, 0.717) is 42.2 Å². The summed E-state index contributed by atoms with van der Waals surface area (Å²) < 4.78 is 81.5. The zero-order chi connectivity index (χ0) is 28.7. The molecule has 2 heterocycles. The molecule has 1 aliphatic heterocycles. The zero-order valence-electron chi connectivity index (χ0n) is 21.5. The van der Waals surface area contributed by atoms with Crippen LogP contribution in [0.15, 0.2) is 35.9 Å². The van der Waals surface area contributed by atoms with Crippen molar-refractivity contribution in [3.05, 3.63) is 58.4 Å². The summed E-state index contributed by atoms with van der Waals surface area (Å²) >= 11 is 0. The molecule has 206 valence electrons. The smallest absolute Gasteiger partial charge is 0.369 e. The Morgan fingerprint density at radius 3 is 1.95 bits per heavy atom. The lowest BCUT2D eigenvalue weighted by atomic mass is 9.91. The van der Waals surface area contributed by atoms with Gasteiger partial charge in [0.1, 0.15) is 11.6 Å². The van der Waals surface area contributed by atoms with E-state index in [1.807, 2.05) is 26.8 Å². The van der Waals surface area contributed by atoms with E-state index < -0.39 is 28.9 Å². The maximum atomic E-state index is 13.3. The van der Waals surface area contributed by atoms with Gasteiger partial charge in [-0.25, -0.2) is 0 Å². The van der Waals surface area contributed by atoms with Crippen molar-refractivity contribution >= 4 is 12.0 Å². The molecule has 0 saturated carbocycles. The number of alkyl halides is 6. The number of aliphatic hydroxyl groups is 1. The summed E-state index contributed by atoms with van der Waals surface area (Å²) in [7, 11) is 0. The second-order valence-electron chi connectivity index (χ2n) is 10.4. The van der Waals surface area contributed by atoms with Gasteiger partial charge in [0, 0.05) is 41.1 Å². The first-order chi connectivity index (χ1) is 17.4. The third-order valence-corrected chi connectivity index (χ3v) is 6.71. The molecule has 11 heteroatoms. The SMILES string of the molecule is Cc1c(/C=C(\C#N)C(=O)N2CCCCC2)cc(C(C)(C)C)n1-c1ccc(C(O)(C(F)(F)F)C(F)(F)F)cc1. The van der Waals surface area contributed by atoms with Gasteiger partial charge in [0.15, 0.2) is 0 Å². The van der Waals surface area contributed by atoms with Crippen LogP contribution >= 0.6 is 0 Å². The minimum atomic E-state index is -5.99. The number of carbonyl (C=O) groups is 1. The molecule has 3 rings (SSSR count). The van der Waals surface area contributed by atoms with E-state index in [4.69, 9.17) is 0 Å². The molecule has 1 fully saturated rings. The number of carbonyl (C=O) groups excluding carboxylic acids is 1.